The number of carbonyl (C=O) groups excluding carboxylic acids is 4. The van der Waals surface area contributed by atoms with E-state index in [1.54, 1.807) is 48.5 Å². The molecule has 2 aromatic carbocycles. The van der Waals surface area contributed by atoms with Crippen LogP contribution in [0.4, 0.5) is 5.69 Å². The molecular formula is C21H22ClN3O5. The van der Waals surface area contributed by atoms with E-state index in [1.165, 1.54) is 0 Å². The molecule has 0 unspecified atom stereocenters. The lowest BCUT2D eigenvalue weighted by Crippen LogP contribution is -2.41. The molecule has 3 N–H and O–H groups in total. The van der Waals surface area contributed by atoms with Gasteiger partial charge in [-0.25, -0.2) is 0 Å². The average Bonchev–Trinajstić information content (AvgIpc) is 2.74. The van der Waals surface area contributed by atoms with E-state index in [0.29, 0.717) is 16.3 Å². The van der Waals surface area contributed by atoms with Crippen LogP contribution in [-0.2, 0) is 19.1 Å². The van der Waals surface area contributed by atoms with Crippen molar-refractivity contribution < 1.29 is 23.9 Å². The Morgan fingerprint density at radius 1 is 0.933 bits per heavy atom. The lowest BCUT2D eigenvalue weighted by Gasteiger charge is -2.08. The van der Waals surface area contributed by atoms with Crippen molar-refractivity contribution in [2.75, 3.05) is 11.9 Å². The van der Waals surface area contributed by atoms with Crippen LogP contribution >= 0.6 is 11.6 Å². The SMILES string of the molecule is Cc1ccc(NC(=O)COC(=O)CCCC(=O)NNC(=O)c2ccccc2)cc1Cl. The van der Waals surface area contributed by atoms with Crippen LogP contribution in [0.2, 0.25) is 5.02 Å². The lowest BCUT2D eigenvalue weighted by molar-refractivity contribution is -0.147. The fraction of sp³-hybridized carbons (Fsp3) is 0.238. The number of amides is 3. The maximum atomic E-state index is 11.8. The van der Waals surface area contributed by atoms with Crippen LogP contribution in [0.25, 0.3) is 0 Å². The van der Waals surface area contributed by atoms with Gasteiger partial charge in [-0.15, -0.1) is 0 Å². The highest BCUT2D eigenvalue weighted by Crippen LogP contribution is 2.19. The predicted molar refractivity (Wildman–Crippen MR) is 112 cm³/mol. The first-order valence-corrected chi connectivity index (χ1v) is 9.59. The monoisotopic (exact) mass is 431 g/mol. The number of benzene rings is 2. The highest BCUT2D eigenvalue weighted by molar-refractivity contribution is 6.31. The molecular weight excluding hydrogens is 410 g/mol. The topological polar surface area (TPSA) is 114 Å². The molecule has 2 rings (SSSR count). The highest BCUT2D eigenvalue weighted by Gasteiger charge is 2.11. The number of anilines is 1. The second kappa shape index (κ2) is 11.6. The van der Waals surface area contributed by atoms with Gasteiger partial charge in [0.1, 0.15) is 0 Å². The summed E-state index contributed by atoms with van der Waals surface area (Å²) in [5, 5.41) is 3.09. The molecule has 3 amide bonds. The van der Waals surface area contributed by atoms with E-state index in [4.69, 9.17) is 16.3 Å². The number of carbonyl (C=O) groups is 4. The Bertz CT molecular complexity index is 918. The largest absolute Gasteiger partial charge is 0.456 e. The number of hydrogen-bond acceptors (Lipinski definition) is 5. The molecule has 0 saturated heterocycles. The van der Waals surface area contributed by atoms with Crippen molar-refractivity contribution in [1.82, 2.24) is 10.9 Å². The second-order valence-corrected chi connectivity index (χ2v) is 6.80. The number of halogens is 1. The van der Waals surface area contributed by atoms with E-state index < -0.39 is 30.3 Å². The van der Waals surface area contributed by atoms with E-state index in [9.17, 15) is 19.2 Å². The van der Waals surface area contributed by atoms with Gasteiger partial charge in [-0.05, 0) is 43.2 Å². The molecule has 0 radical (unpaired) electrons. The minimum absolute atomic E-state index is 0.0121. The number of hydrogen-bond donors (Lipinski definition) is 3. The third-order valence-corrected chi connectivity index (χ3v) is 4.36. The van der Waals surface area contributed by atoms with Crippen LogP contribution in [0, 0.1) is 6.92 Å². The van der Waals surface area contributed by atoms with Crippen molar-refractivity contribution in [3.63, 3.8) is 0 Å². The number of nitrogens with one attached hydrogen (secondary N) is 3. The molecule has 0 aromatic heterocycles. The first-order valence-electron chi connectivity index (χ1n) is 9.21. The molecule has 0 aliphatic rings. The van der Waals surface area contributed by atoms with Gasteiger partial charge >= 0.3 is 5.97 Å². The zero-order valence-electron chi connectivity index (χ0n) is 16.4. The summed E-state index contributed by atoms with van der Waals surface area (Å²) in [5.74, 6) is -1.98. The van der Waals surface area contributed by atoms with Crippen molar-refractivity contribution >= 4 is 41.0 Å². The van der Waals surface area contributed by atoms with Gasteiger partial charge in [-0.2, -0.15) is 0 Å². The van der Waals surface area contributed by atoms with Crippen LogP contribution < -0.4 is 16.2 Å². The number of hydrazine groups is 1. The smallest absolute Gasteiger partial charge is 0.306 e. The molecule has 0 aliphatic heterocycles. The normalized spacial score (nSPS) is 10.1. The Kier molecular flexibility index (Phi) is 8.83. The molecule has 9 heteroatoms. The summed E-state index contributed by atoms with van der Waals surface area (Å²) >= 11 is 5.99. The zero-order valence-corrected chi connectivity index (χ0v) is 17.1. The van der Waals surface area contributed by atoms with Crippen LogP contribution in [0.15, 0.2) is 48.5 Å². The summed E-state index contributed by atoms with van der Waals surface area (Å²) in [7, 11) is 0. The molecule has 158 valence electrons. The standard InChI is InChI=1S/C21H22ClN3O5/c1-14-10-11-16(12-17(14)22)23-19(27)13-30-20(28)9-5-8-18(26)24-25-21(29)15-6-3-2-4-7-15/h2-4,6-7,10-12H,5,8-9,13H2,1H3,(H,23,27)(H,24,26)(H,25,29). The number of aryl methyl sites for hydroxylation is 1. The molecule has 0 heterocycles. The summed E-state index contributed by atoms with van der Waals surface area (Å²) in [6.07, 6.45) is 0.184. The molecule has 2 aromatic rings. The summed E-state index contributed by atoms with van der Waals surface area (Å²) < 4.78 is 4.88. The number of rotatable bonds is 8. The summed E-state index contributed by atoms with van der Waals surface area (Å²) in [4.78, 5) is 47.1. The minimum Gasteiger partial charge on any atom is -0.456 e. The first-order chi connectivity index (χ1) is 14.3. The van der Waals surface area contributed by atoms with E-state index >= 15 is 0 Å². The number of esters is 1. The Morgan fingerprint density at radius 3 is 2.37 bits per heavy atom. The fourth-order valence-corrected chi connectivity index (χ4v) is 2.51. The van der Waals surface area contributed by atoms with Crippen molar-refractivity contribution in [2.45, 2.75) is 26.2 Å². The Balaban J connectivity index is 1.60. The fourth-order valence-electron chi connectivity index (χ4n) is 2.33. The van der Waals surface area contributed by atoms with E-state index in [2.05, 4.69) is 16.2 Å². The van der Waals surface area contributed by atoms with Crippen LogP contribution in [-0.4, -0.2) is 30.3 Å². The second-order valence-electron chi connectivity index (χ2n) is 6.39. The maximum absolute atomic E-state index is 11.8. The molecule has 0 fully saturated rings. The van der Waals surface area contributed by atoms with E-state index in [1.807, 2.05) is 6.92 Å². The Morgan fingerprint density at radius 2 is 1.67 bits per heavy atom. The predicted octanol–water partition coefficient (Wildman–Crippen LogP) is 2.76. The molecule has 0 atom stereocenters. The summed E-state index contributed by atoms with van der Waals surface area (Å²) in [5.41, 5.74) is 6.36. The zero-order chi connectivity index (χ0) is 21.9. The van der Waals surface area contributed by atoms with Crippen molar-refractivity contribution in [1.29, 1.82) is 0 Å². The molecule has 0 aliphatic carbocycles. The van der Waals surface area contributed by atoms with Gasteiger partial charge in [-0.3, -0.25) is 30.0 Å². The van der Waals surface area contributed by atoms with Gasteiger partial charge in [0.25, 0.3) is 11.8 Å². The van der Waals surface area contributed by atoms with Crippen molar-refractivity contribution in [2.24, 2.45) is 0 Å². The third-order valence-electron chi connectivity index (χ3n) is 3.96. The quantitative estimate of drug-likeness (QED) is 0.439. The van der Waals surface area contributed by atoms with E-state index in [0.717, 1.165) is 5.56 Å². The van der Waals surface area contributed by atoms with Gasteiger partial charge in [0.05, 0.1) is 0 Å². The molecule has 0 saturated carbocycles. The Hall–Kier alpha value is -3.39. The van der Waals surface area contributed by atoms with Crippen LogP contribution in [0.5, 0.6) is 0 Å². The molecule has 30 heavy (non-hydrogen) atoms. The van der Waals surface area contributed by atoms with Crippen LogP contribution in [0.3, 0.4) is 0 Å². The molecule has 0 spiro atoms. The number of ether oxygens (including phenoxy) is 1. The Labute approximate surface area is 178 Å². The average molecular weight is 432 g/mol. The van der Waals surface area contributed by atoms with Gasteiger partial charge in [0.15, 0.2) is 6.61 Å². The van der Waals surface area contributed by atoms with Crippen molar-refractivity contribution in [3.8, 4) is 0 Å². The minimum atomic E-state index is -0.604. The highest BCUT2D eigenvalue weighted by atomic mass is 35.5. The first kappa shape index (κ1) is 22.9. The van der Waals surface area contributed by atoms with E-state index in [-0.39, 0.29) is 19.3 Å². The maximum Gasteiger partial charge on any atom is 0.306 e. The summed E-state index contributed by atoms with van der Waals surface area (Å²) in [6, 6.07) is 13.5. The van der Waals surface area contributed by atoms with Gasteiger partial charge in [0, 0.05) is 29.1 Å². The lowest BCUT2D eigenvalue weighted by atomic mass is 10.2. The molecule has 0 bridgehead atoms. The van der Waals surface area contributed by atoms with Gasteiger partial charge in [-0.1, -0.05) is 35.9 Å². The third kappa shape index (κ3) is 7.92. The molecule has 8 nitrogen and oxygen atoms in total. The van der Waals surface area contributed by atoms with Gasteiger partial charge < -0.3 is 10.1 Å². The van der Waals surface area contributed by atoms with Gasteiger partial charge in [0.2, 0.25) is 5.91 Å². The summed E-state index contributed by atoms with van der Waals surface area (Å²) in [6.45, 7) is 1.40. The van der Waals surface area contributed by atoms with Crippen LogP contribution in [0.1, 0.15) is 35.2 Å². The van der Waals surface area contributed by atoms with Crippen molar-refractivity contribution in [3.05, 3.63) is 64.7 Å².